The normalized spacial score (nSPS) is 22.9. The molecule has 0 aliphatic carbocycles. The lowest BCUT2D eigenvalue weighted by Crippen LogP contribution is -2.36. The van der Waals surface area contributed by atoms with Crippen LogP contribution >= 0.6 is 0 Å². The summed E-state index contributed by atoms with van der Waals surface area (Å²) in [5.74, 6) is 0.878. The second-order valence-electron chi connectivity index (χ2n) is 7.73. The van der Waals surface area contributed by atoms with Gasteiger partial charge in [-0.1, -0.05) is 13.8 Å². The van der Waals surface area contributed by atoms with Gasteiger partial charge in [-0.2, -0.15) is 5.10 Å². The molecule has 2 aliphatic rings. The summed E-state index contributed by atoms with van der Waals surface area (Å²) in [5, 5.41) is 7.45. The number of rotatable bonds is 6. The van der Waals surface area contributed by atoms with Gasteiger partial charge in [0.05, 0.1) is 36.0 Å². The number of nitrogens with zero attached hydrogens (tertiary/aromatic N) is 3. The first kappa shape index (κ1) is 18.4. The topological polar surface area (TPSA) is 84.3 Å². The lowest BCUT2D eigenvalue weighted by Gasteiger charge is -2.28. The van der Waals surface area contributed by atoms with E-state index < -0.39 is 9.84 Å². The Morgan fingerprint density at radius 2 is 2.20 bits per heavy atom. The fraction of sp³-hybridized carbons (Fsp3) is 0.765. The number of nitrogens with one attached hydrogen (secondary N) is 1. The lowest BCUT2D eigenvalue weighted by molar-refractivity contribution is -0.122. The van der Waals surface area contributed by atoms with Crippen LogP contribution in [0.1, 0.15) is 38.1 Å². The zero-order valence-electron chi connectivity index (χ0n) is 15.1. The number of fused-ring (bicyclic) bond motifs is 1. The van der Waals surface area contributed by atoms with Crippen molar-refractivity contribution in [2.45, 2.75) is 46.3 Å². The van der Waals surface area contributed by atoms with Crippen molar-refractivity contribution in [3.63, 3.8) is 0 Å². The third kappa shape index (κ3) is 5.04. The molecule has 0 saturated carbocycles. The minimum absolute atomic E-state index is 0.0372. The maximum Gasteiger partial charge on any atom is 0.220 e. The smallest absolute Gasteiger partial charge is 0.220 e. The molecule has 1 aromatic heterocycles. The molecule has 1 N–H and O–H groups in total. The van der Waals surface area contributed by atoms with E-state index in [1.165, 1.54) is 5.69 Å². The van der Waals surface area contributed by atoms with Gasteiger partial charge in [0.25, 0.3) is 0 Å². The molecule has 1 aromatic rings. The Morgan fingerprint density at radius 3 is 2.88 bits per heavy atom. The molecule has 0 aromatic carbocycles. The van der Waals surface area contributed by atoms with Crippen molar-refractivity contribution in [1.82, 2.24) is 20.0 Å². The first-order valence-electron chi connectivity index (χ1n) is 9.06. The third-order valence-electron chi connectivity index (χ3n) is 4.82. The van der Waals surface area contributed by atoms with Crippen LogP contribution in [0.3, 0.4) is 0 Å². The highest BCUT2D eigenvalue weighted by atomic mass is 32.2. The van der Waals surface area contributed by atoms with Crippen LogP contribution in [0.25, 0.3) is 0 Å². The quantitative estimate of drug-likeness (QED) is 0.803. The molecule has 0 radical (unpaired) electrons. The zero-order valence-corrected chi connectivity index (χ0v) is 15.9. The Bertz CT molecular complexity index is 726. The molecule has 1 saturated heterocycles. The lowest BCUT2D eigenvalue weighted by atomic mass is 10.1. The SMILES string of the molecule is CC(C)CN1CCn2nc(CNC(=O)C[C@@H]3CCS(=O)(=O)C3)cc2C1. The van der Waals surface area contributed by atoms with E-state index in [0.717, 1.165) is 31.9 Å². The van der Waals surface area contributed by atoms with Crippen molar-refractivity contribution in [1.29, 1.82) is 0 Å². The molecular weight excluding hydrogens is 340 g/mol. The molecule has 1 atom stereocenters. The molecular formula is C17H28N4O3S. The van der Waals surface area contributed by atoms with Crippen LogP contribution in [0.2, 0.25) is 0 Å². The predicted octanol–water partition coefficient (Wildman–Crippen LogP) is 0.796. The van der Waals surface area contributed by atoms with Gasteiger partial charge in [0.1, 0.15) is 0 Å². The van der Waals surface area contributed by atoms with Gasteiger partial charge < -0.3 is 5.32 Å². The Hall–Kier alpha value is -1.41. The summed E-state index contributed by atoms with van der Waals surface area (Å²) in [7, 11) is -2.92. The molecule has 0 unspecified atom stereocenters. The van der Waals surface area contributed by atoms with Crippen molar-refractivity contribution >= 4 is 15.7 Å². The highest BCUT2D eigenvalue weighted by Crippen LogP contribution is 2.21. The van der Waals surface area contributed by atoms with Crippen molar-refractivity contribution < 1.29 is 13.2 Å². The average molecular weight is 369 g/mol. The first-order valence-corrected chi connectivity index (χ1v) is 10.9. The van der Waals surface area contributed by atoms with Crippen LogP contribution in [0.5, 0.6) is 0 Å². The van der Waals surface area contributed by atoms with Crippen LogP contribution in [-0.2, 0) is 34.3 Å². The van der Waals surface area contributed by atoms with E-state index in [1.54, 1.807) is 0 Å². The second kappa shape index (κ2) is 7.45. The minimum Gasteiger partial charge on any atom is -0.350 e. The van der Waals surface area contributed by atoms with E-state index in [1.807, 2.05) is 4.68 Å². The summed E-state index contributed by atoms with van der Waals surface area (Å²) in [6.45, 7) is 8.73. The molecule has 2 aliphatic heterocycles. The minimum atomic E-state index is -2.92. The van der Waals surface area contributed by atoms with Crippen LogP contribution in [0, 0.1) is 11.8 Å². The molecule has 0 bridgehead atoms. The standard InChI is InChI=1S/C17H28N4O3S/c1-13(2)10-20-4-5-21-16(11-20)8-15(19-21)9-18-17(22)7-14-3-6-25(23,24)12-14/h8,13-14H,3-7,9-12H2,1-2H3,(H,18,22)/t14-/m0/s1. The summed E-state index contributed by atoms with van der Waals surface area (Å²) >= 11 is 0. The number of aromatic nitrogens is 2. The van der Waals surface area contributed by atoms with Gasteiger partial charge in [-0.25, -0.2) is 8.42 Å². The van der Waals surface area contributed by atoms with Gasteiger partial charge >= 0.3 is 0 Å². The van der Waals surface area contributed by atoms with Gasteiger partial charge in [-0.3, -0.25) is 14.4 Å². The van der Waals surface area contributed by atoms with Gasteiger partial charge in [-0.05, 0) is 24.3 Å². The van der Waals surface area contributed by atoms with Crippen LogP contribution in [0.15, 0.2) is 6.07 Å². The van der Waals surface area contributed by atoms with Crippen LogP contribution in [-0.4, -0.2) is 53.6 Å². The second-order valence-corrected chi connectivity index (χ2v) is 9.96. The summed E-state index contributed by atoms with van der Waals surface area (Å²) in [6.07, 6.45) is 0.884. The van der Waals surface area contributed by atoms with Gasteiger partial charge in [0.15, 0.2) is 9.84 Å². The van der Waals surface area contributed by atoms with E-state index in [0.29, 0.717) is 18.9 Å². The molecule has 3 rings (SSSR count). The highest BCUT2D eigenvalue weighted by Gasteiger charge is 2.29. The number of amides is 1. The Kier molecular flexibility index (Phi) is 5.48. The van der Waals surface area contributed by atoms with Crippen molar-refractivity contribution in [3.05, 3.63) is 17.5 Å². The molecule has 8 heteroatoms. The van der Waals surface area contributed by atoms with E-state index in [2.05, 4.69) is 35.2 Å². The summed E-state index contributed by atoms with van der Waals surface area (Å²) in [5.41, 5.74) is 2.06. The molecule has 1 fully saturated rings. The maximum absolute atomic E-state index is 12.1. The highest BCUT2D eigenvalue weighted by molar-refractivity contribution is 7.91. The van der Waals surface area contributed by atoms with Crippen LogP contribution in [0.4, 0.5) is 0 Å². The Labute approximate surface area is 149 Å². The van der Waals surface area contributed by atoms with Crippen molar-refractivity contribution in [3.8, 4) is 0 Å². The predicted molar refractivity (Wildman–Crippen MR) is 95.6 cm³/mol. The van der Waals surface area contributed by atoms with Crippen molar-refractivity contribution in [2.75, 3.05) is 24.6 Å². The number of hydrogen-bond acceptors (Lipinski definition) is 5. The molecule has 3 heterocycles. The third-order valence-corrected chi connectivity index (χ3v) is 6.66. The maximum atomic E-state index is 12.1. The molecule has 0 spiro atoms. The van der Waals surface area contributed by atoms with Gasteiger partial charge in [-0.15, -0.1) is 0 Å². The van der Waals surface area contributed by atoms with E-state index in [4.69, 9.17) is 0 Å². The Balaban J connectivity index is 1.48. The summed E-state index contributed by atoms with van der Waals surface area (Å²) in [4.78, 5) is 14.5. The number of carbonyl (C=O) groups is 1. The number of sulfone groups is 1. The Morgan fingerprint density at radius 1 is 1.40 bits per heavy atom. The van der Waals surface area contributed by atoms with Gasteiger partial charge in [0, 0.05) is 26.1 Å². The fourth-order valence-electron chi connectivity index (χ4n) is 3.70. The fourth-order valence-corrected chi connectivity index (χ4v) is 5.56. The average Bonchev–Trinajstić information content (AvgIpc) is 3.06. The zero-order chi connectivity index (χ0) is 18.0. The van der Waals surface area contributed by atoms with Crippen LogP contribution < -0.4 is 5.32 Å². The summed E-state index contributed by atoms with van der Waals surface area (Å²) in [6, 6.07) is 2.06. The number of carbonyl (C=O) groups excluding carboxylic acids is 1. The van der Waals surface area contributed by atoms with E-state index >= 15 is 0 Å². The molecule has 7 nitrogen and oxygen atoms in total. The van der Waals surface area contributed by atoms with E-state index in [-0.39, 0.29) is 29.8 Å². The van der Waals surface area contributed by atoms with Crippen molar-refractivity contribution in [2.24, 2.45) is 11.8 Å². The molecule has 25 heavy (non-hydrogen) atoms. The molecule has 140 valence electrons. The largest absolute Gasteiger partial charge is 0.350 e. The van der Waals surface area contributed by atoms with E-state index in [9.17, 15) is 13.2 Å². The molecule has 1 amide bonds. The number of hydrogen-bond donors (Lipinski definition) is 1. The van der Waals surface area contributed by atoms with Gasteiger partial charge in [0.2, 0.25) is 5.91 Å². The monoisotopic (exact) mass is 368 g/mol. The summed E-state index contributed by atoms with van der Waals surface area (Å²) < 4.78 is 24.9. The first-order chi connectivity index (χ1) is 11.8.